The lowest BCUT2D eigenvalue weighted by molar-refractivity contribution is 0.414. The predicted molar refractivity (Wildman–Crippen MR) is 63.5 cm³/mol. The van der Waals surface area contributed by atoms with Crippen molar-refractivity contribution in [1.29, 1.82) is 5.41 Å². The number of ether oxygens (including phenoxy) is 1. The van der Waals surface area contributed by atoms with Gasteiger partial charge in [0.1, 0.15) is 5.75 Å². The number of nitrogens with one attached hydrogen (secondary N) is 1. The molecule has 0 radical (unpaired) electrons. The van der Waals surface area contributed by atoms with E-state index < -0.39 is 0 Å². The van der Waals surface area contributed by atoms with Crippen LogP contribution in [0.15, 0.2) is 24.3 Å². The van der Waals surface area contributed by atoms with Crippen LogP contribution in [0, 0.1) is 5.41 Å². The smallest absolute Gasteiger partial charge is 0.151 e. The summed E-state index contributed by atoms with van der Waals surface area (Å²) in [5.41, 5.74) is 6.34. The second-order valence-electron chi connectivity index (χ2n) is 2.50. The number of methoxy groups -OCH3 is 1. The first-order valence-electron chi connectivity index (χ1n) is 3.82. The molecule has 3 N–H and O–H groups in total. The first-order valence-corrected chi connectivity index (χ1v) is 4.80. The van der Waals surface area contributed by atoms with Crippen LogP contribution < -0.4 is 10.5 Å². The maximum atomic E-state index is 7.05. The monoisotopic (exact) mass is 232 g/mol. The molecule has 0 amide bonds. The summed E-state index contributed by atoms with van der Waals surface area (Å²) in [7, 11) is 1.64. The van der Waals surface area contributed by atoms with E-state index in [9.17, 15) is 0 Å². The Morgan fingerprint density at radius 1 is 1.57 bits per heavy atom. The van der Waals surface area contributed by atoms with E-state index in [4.69, 9.17) is 15.9 Å². The van der Waals surface area contributed by atoms with Gasteiger partial charge >= 0.3 is 0 Å². The summed E-state index contributed by atoms with van der Waals surface area (Å²) in [6, 6.07) is 7.74. The SMILES string of the molecule is COc1cccc(CSC(=N)N)c1.Cl. The number of hydrogen-bond donors (Lipinski definition) is 2. The number of thioether (sulfide) groups is 1. The van der Waals surface area contributed by atoms with Gasteiger partial charge in [0.2, 0.25) is 0 Å². The highest BCUT2D eigenvalue weighted by atomic mass is 35.5. The van der Waals surface area contributed by atoms with Crippen molar-refractivity contribution in [2.75, 3.05) is 7.11 Å². The van der Waals surface area contributed by atoms with Crippen LogP contribution >= 0.6 is 24.2 Å². The van der Waals surface area contributed by atoms with Crippen LogP contribution in [0.2, 0.25) is 0 Å². The minimum Gasteiger partial charge on any atom is -0.497 e. The third-order valence-electron chi connectivity index (χ3n) is 1.53. The Bertz CT molecular complexity index is 307. The van der Waals surface area contributed by atoms with E-state index in [1.54, 1.807) is 7.11 Å². The van der Waals surface area contributed by atoms with Crippen LogP contribution in [0.3, 0.4) is 0 Å². The van der Waals surface area contributed by atoms with Gasteiger partial charge in [0.15, 0.2) is 5.17 Å². The molecule has 0 unspecified atom stereocenters. The molecule has 0 spiro atoms. The van der Waals surface area contributed by atoms with Gasteiger partial charge in [-0.3, -0.25) is 5.41 Å². The number of amidine groups is 1. The van der Waals surface area contributed by atoms with E-state index in [1.807, 2.05) is 24.3 Å². The third kappa shape index (κ3) is 4.39. The quantitative estimate of drug-likeness (QED) is 0.621. The van der Waals surface area contributed by atoms with Gasteiger partial charge in [-0.15, -0.1) is 12.4 Å². The number of hydrogen-bond acceptors (Lipinski definition) is 3. The molecule has 0 saturated carbocycles. The molecule has 0 aliphatic rings. The van der Waals surface area contributed by atoms with E-state index in [-0.39, 0.29) is 17.6 Å². The van der Waals surface area contributed by atoms with Crippen molar-refractivity contribution in [1.82, 2.24) is 0 Å². The van der Waals surface area contributed by atoms with Crippen LogP contribution in [-0.2, 0) is 5.75 Å². The average molecular weight is 233 g/mol. The number of benzene rings is 1. The highest BCUT2D eigenvalue weighted by Gasteiger charge is 1.97. The molecule has 5 heteroatoms. The van der Waals surface area contributed by atoms with E-state index >= 15 is 0 Å². The Hall–Kier alpha value is -0.870. The van der Waals surface area contributed by atoms with Crippen molar-refractivity contribution in [2.45, 2.75) is 5.75 Å². The number of rotatable bonds is 3. The first-order chi connectivity index (χ1) is 6.22. The lowest BCUT2D eigenvalue weighted by Crippen LogP contribution is -2.03. The van der Waals surface area contributed by atoms with Gasteiger partial charge in [-0.05, 0) is 17.7 Å². The minimum atomic E-state index is 0. The van der Waals surface area contributed by atoms with Crippen molar-refractivity contribution in [3.63, 3.8) is 0 Å². The Morgan fingerprint density at radius 2 is 2.29 bits per heavy atom. The van der Waals surface area contributed by atoms with Gasteiger partial charge in [0.05, 0.1) is 7.11 Å². The summed E-state index contributed by atoms with van der Waals surface area (Å²) in [6.07, 6.45) is 0. The van der Waals surface area contributed by atoms with Crippen LogP contribution in [0.5, 0.6) is 5.75 Å². The second-order valence-corrected chi connectivity index (χ2v) is 3.52. The molecule has 0 aliphatic carbocycles. The van der Waals surface area contributed by atoms with Crippen molar-refractivity contribution >= 4 is 29.3 Å². The van der Waals surface area contributed by atoms with Crippen molar-refractivity contribution < 1.29 is 4.74 Å². The van der Waals surface area contributed by atoms with Crippen molar-refractivity contribution in [3.8, 4) is 5.75 Å². The molecule has 0 aliphatic heterocycles. The normalized spacial score (nSPS) is 8.93. The molecule has 3 nitrogen and oxygen atoms in total. The standard InChI is InChI=1S/C9H12N2OS.ClH/c1-12-8-4-2-3-7(5-8)6-13-9(10)11;/h2-5H,6H2,1H3,(H3,10,11);1H. The third-order valence-corrected chi connectivity index (χ3v) is 2.32. The van der Waals surface area contributed by atoms with Crippen LogP contribution in [-0.4, -0.2) is 12.3 Å². The molecular formula is C9H13ClN2OS. The van der Waals surface area contributed by atoms with E-state index in [2.05, 4.69) is 0 Å². The molecule has 1 rings (SSSR count). The Morgan fingerprint density at radius 3 is 2.86 bits per heavy atom. The summed E-state index contributed by atoms with van der Waals surface area (Å²) in [5.74, 6) is 1.55. The highest BCUT2D eigenvalue weighted by molar-refractivity contribution is 8.13. The van der Waals surface area contributed by atoms with Gasteiger partial charge in [0, 0.05) is 5.75 Å². The molecule has 0 heterocycles. The maximum absolute atomic E-state index is 7.05. The largest absolute Gasteiger partial charge is 0.497 e. The van der Waals surface area contributed by atoms with Gasteiger partial charge < -0.3 is 10.5 Å². The van der Waals surface area contributed by atoms with Crippen LogP contribution in [0.25, 0.3) is 0 Å². The topological polar surface area (TPSA) is 59.1 Å². The molecule has 0 aromatic heterocycles. The summed E-state index contributed by atoms with van der Waals surface area (Å²) >= 11 is 1.31. The van der Waals surface area contributed by atoms with E-state index in [0.29, 0.717) is 5.75 Å². The summed E-state index contributed by atoms with van der Waals surface area (Å²) < 4.78 is 5.07. The lowest BCUT2D eigenvalue weighted by atomic mass is 10.2. The second kappa shape index (κ2) is 6.56. The Balaban J connectivity index is 0.00000169. The maximum Gasteiger partial charge on any atom is 0.151 e. The van der Waals surface area contributed by atoms with Crippen LogP contribution in [0.4, 0.5) is 0 Å². The molecule has 0 bridgehead atoms. The van der Waals surface area contributed by atoms with Gasteiger partial charge in [-0.2, -0.15) is 0 Å². The zero-order valence-corrected chi connectivity index (χ0v) is 9.45. The molecule has 14 heavy (non-hydrogen) atoms. The molecular weight excluding hydrogens is 220 g/mol. The first kappa shape index (κ1) is 13.1. The van der Waals surface area contributed by atoms with Gasteiger partial charge in [-0.1, -0.05) is 23.9 Å². The lowest BCUT2D eigenvalue weighted by Gasteiger charge is -2.02. The summed E-state index contributed by atoms with van der Waals surface area (Å²) in [4.78, 5) is 0. The fourth-order valence-corrected chi connectivity index (χ4v) is 1.43. The summed E-state index contributed by atoms with van der Waals surface area (Å²) in [5, 5.41) is 7.19. The zero-order valence-electron chi connectivity index (χ0n) is 7.82. The minimum absolute atomic E-state index is 0. The summed E-state index contributed by atoms with van der Waals surface area (Å²) in [6.45, 7) is 0. The average Bonchev–Trinajstić information content (AvgIpc) is 2.15. The Labute approximate surface area is 93.9 Å². The molecule has 1 aromatic rings. The number of halogens is 1. The van der Waals surface area contributed by atoms with Crippen molar-refractivity contribution in [3.05, 3.63) is 29.8 Å². The zero-order chi connectivity index (χ0) is 9.68. The molecule has 78 valence electrons. The van der Waals surface area contributed by atoms with E-state index in [0.717, 1.165) is 11.3 Å². The fourth-order valence-electron chi connectivity index (χ4n) is 0.923. The van der Waals surface area contributed by atoms with Crippen molar-refractivity contribution in [2.24, 2.45) is 5.73 Å². The molecule has 0 fully saturated rings. The fraction of sp³-hybridized carbons (Fsp3) is 0.222. The van der Waals surface area contributed by atoms with Gasteiger partial charge in [0.25, 0.3) is 0 Å². The van der Waals surface area contributed by atoms with E-state index in [1.165, 1.54) is 11.8 Å². The molecule has 0 saturated heterocycles. The molecule has 0 atom stereocenters. The predicted octanol–water partition coefficient (Wildman–Crippen LogP) is 2.24. The molecule has 1 aromatic carbocycles. The Kier molecular flexibility index (Phi) is 6.16. The van der Waals surface area contributed by atoms with Gasteiger partial charge in [-0.25, -0.2) is 0 Å². The highest BCUT2D eigenvalue weighted by Crippen LogP contribution is 2.17. The van der Waals surface area contributed by atoms with Crippen LogP contribution in [0.1, 0.15) is 5.56 Å². The number of nitrogens with two attached hydrogens (primary N) is 1.